The Balaban J connectivity index is 0.00000180. The van der Waals surface area contributed by atoms with Crippen molar-refractivity contribution in [3.05, 3.63) is 35.9 Å². The van der Waals surface area contributed by atoms with Crippen LogP contribution in [0.5, 0.6) is 0 Å². The van der Waals surface area contributed by atoms with E-state index in [4.69, 9.17) is 10.5 Å². The SMILES string of the molecule is Cl.NCC(C(=O)NCC1CCOC1)c1ccccc1. The molecule has 2 rings (SSSR count). The van der Waals surface area contributed by atoms with E-state index >= 15 is 0 Å². The summed E-state index contributed by atoms with van der Waals surface area (Å²) in [4.78, 5) is 12.1. The van der Waals surface area contributed by atoms with E-state index in [1.54, 1.807) is 0 Å². The van der Waals surface area contributed by atoms with E-state index in [2.05, 4.69) is 5.32 Å². The summed E-state index contributed by atoms with van der Waals surface area (Å²) in [7, 11) is 0. The van der Waals surface area contributed by atoms with E-state index in [9.17, 15) is 4.79 Å². The Labute approximate surface area is 120 Å². The first-order valence-corrected chi connectivity index (χ1v) is 6.41. The van der Waals surface area contributed by atoms with Gasteiger partial charge >= 0.3 is 0 Å². The summed E-state index contributed by atoms with van der Waals surface area (Å²) >= 11 is 0. The Morgan fingerprint density at radius 3 is 2.74 bits per heavy atom. The van der Waals surface area contributed by atoms with Crippen molar-refractivity contribution in [1.29, 1.82) is 0 Å². The van der Waals surface area contributed by atoms with Gasteiger partial charge < -0.3 is 15.8 Å². The van der Waals surface area contributed by atoms with Crippen LogP contribution in [0.15, 0.2) is 30.3 Å². The quantitative estimate of drug-likeness (QED) is 0.857. The van der Waals surface area contributed by atoms with Gasteiger partial charge in [-0.3, -0.25) is 4.79 Å². The lowest BCUT2D eigenvalue weighted by atomic mass is 9.98. The van der Waals surface area contributed by atoms with E-state index in [0.717, 1.165) is 25.2 Å². The van der Waals surface area contributed by atoms with Crippen molar-refractivity contribution >= 4 is 18.3 Å². The van der Waals surface area contributed by atoms with Gasteiger partial charge in [-0.2, -0.15) is 0 Å². The fourth-order valence-electron chi connectivity index (χ4n) is 2.19. The summed E-state index contributed by atoms with van der Waals surface area (Å²) < 4.78 is 5.28. The molecule has 1 aromatic rings. The summed E-state index contributed by atoms with van der Waals surface area (Å²) in [5, 5.41) is 2.98. The third-order valence-corrected chi connectivity index (χ3v) is 3.34. The summed E-state index contributed by atoms with van der Waals surface area (Å²) in [6, 6.07) is 9.67. The molecule has 0 aliphatic carbocycles. The molecule has 1 saturated heterocycles. The highest BCUT2D eigenvalue weighted by molar-refractivity contribution is 5.85. The Kier molecular flexibility index (Phi) is 6.84. The molecule has 1 heterocycles. The molecule has 4 nitrogen and oxygen atoms in total. The van der Waals surface area contributed by atoms with Crippen molar-refractivity contribution in [3.63, 3.8) is 0 Å². The Morgan fingerprint density at radius 2 is 2.16 bits per heavy atom. The second kappa shape index (κ2) is 8.15. The predicted molar refractivity (Wildman–Crippen MR) is 77.4 cm³/mol. The summed E-state index contributed by atoms with van der Waals surface area (Å²) in [6.45, 7) is 2.57. The van der Waals surface area contributed by atoms with Crippen molar-refractivity contribution in [3.8, 4) is 0 Å². The van der Waals surface area contributed by atoms with Gasteiger partial charge in [0.15, 0.2) is 0 Å². The summed E-state index contributed by atoms with van der Waals surface area (Å²) in [5.74, 6) is 0.201. The minimum Gasteiger partial charge on any atom is -0.381 e. The fourth-order valence-corrected chi connectivity index (χ4v) is 2.19. The number of benzene rings is 1. The van der Waals surface area contributed by atoms with Gasteiger partial charge in [0, 0.05) is 25.6 Å². The number of carbonyl (C=O) groups is 1. The van der Waals surface area contributed by atoms with Crippen molar-refractivity contribution in [1.82, 2.24) is 5.32 Å². The Hall–Kier alpha value is -1.10. The standard InChI is InChI=1S/C14H20N2O2.ClH/c15-8-13(12-4-2-1-3-5-12)14(17)16-9-11-6-7-18-10-11;/h1-5,11,13H,6-10,15H2,(H,16,17);1H. The van der Waals surface area contributed by atoms with Crippen LogP contribution >= 0.6 is 12.4 Å². The number of halogens is 1. The van der Waals surface area contributed by atoms with E-state index in [1.165, 1.54) is 0 Å². The molecule has 0 bridgehead atoms. The van der Waals surface area contributed by atoms with Crippen LogP contribution < -0.4 is 11.1 Å². The maximum absolute atomic E-state index is 12.1. The number of amides is 1. The van der Waals surface area contributed by atoms with E-state index in [0.29, 0.717) is 19.0 Å². The first-order valence-electron chi connectivity index (χ1n) is 6.41. The predicted octanol–water partition coefficient (Wildman–Crippen LogP) is 1.30. The average Bonchev–Trinajstić information content (AvgIpc) is 2.92. The topological polar surface area (TPSA) is 64.4 Å². The molecule has 2 atom stereocenters. The van der Waals surface area contributed by atoms with E-state index < -0.39 is 0 Å². The van der Waals surface area contributed by atoms with Crippen molar-refractivity contribution in [2.75, 3.05) is 26.3 Å². The maximum atomic E-state index is 12.1. The molecule has 1 fully saturated rings. The first kappa shape index (κ1) is 16.0. The Bertz CT molecular complexity index is 380. The van der Waals surface area contributed by atoms with Crippen LogP contribution in [-0.4, -0.2) is 32.2 Å². The molecule has 0 aromatic heterocycles. The van der Waals surface area contributed by atoms with Gasteiger partial charge in [0.2, 0.25) is 5.91 Å². The molecule has 2 unspecified atom stereocenters. The van der Waals surface area contributed by atoms with E-state index in [1.807, 2.05) is 30.3 Å². The fraction of sp³-hybridized carbons (Fsp3) is 0.500. The highest BCUT2D eigenvalue weighted by atomic mass is 35.5. The molecule has 3 N–H and O–H groups in total. The lowest BCUT2D eigenvalue weighted by molar-refractivity contribution is -0.122. The number of rotatable bonds is 5. The zero-order chi connectivity index (χ0) is 12.8. The number of hydrogen-bond donors (Lipinski definition) is 2. The first-order chi connectivity index (χ1) is 8.81. The van der Waals surface area contributed by atoms with Gasteiger partial charge in [-0.1, -0.05) is 30.3 Å². The van der Waals surface area contributed by atoms with Crippen molar-refractivity contribution in [2.24, 2.45) is 11.7 Å². The van der Waals surface area contributed by atoms with Gasteiger partial charge in [0.1, 0.15) is 0 Å². The number of nitrogens with one attached hydrogen (secondary N) is 1. The van der Waals surface area contributed by atoms with Crippen molar-refractivity contribution < 1.29 is 9.53 Å². The van der Waals surface area contributed by atoms with Gasteiger partial charge in [0.25, 0.3) is 0 Å². The molecule has 0 saturated carbocycles. The van der Waals surface area contributed by atoms with Gasteiger partial charge in [-0.15, -0.1) is 12.4 Å². The molecular formula is C14H21ClN2O2. The molecule has 5 heteroatoms. The Morgan fingerprint density at radius 1 is 1.42 bits per heavy atom. The maximum Gasteiger partial charge on any atom is 0.228 e. The zero-order valence-corrected chi connectivity index (χ0v) is 11.7. The number of nitrogens with two attached hydrogens (primary N) is 1. The van der Waals surface area contributed by atoms with Gasteiger partial charge in [-0.05, 0) is 12.0 Å². The minimum absolute atomic E-state index is 0. The molecule has 1 aliphatic heterocycles. The number of carbonyl (C=O) groups excluding carboxylic acids is 1. The lowest BCUT2D eigenvalue weighted by Gasteiger charge is -2.16. The molecule has 19 heavy (non-hydrogen) atoms. The van der Waals surface area contributed by atoms with E-state index in [-0.39, 0.29) is 24.2 Å². The molecule has 1 aliphatic rings. The van der Waals surface area contributed by atoms with Crippen LogP contribution in [0.4, 0.5) is 0 Å². The van der Waals surface area contributed by atoms with Gasteiger partial charge in [-0.25, -0.2) is 0 Å². The second-order valence-corrected chi connectivity index (χ2v) is 4.67. The normalized spacial score (nSPS) is 19.5. The van der Waals surface area contributed by atoms with Crippen LogP contribution in [0.3, 0.4) is 0 Å². The van der Waals surface area contributed by atoms with Crippen LogP contribution in [-0.2, 0) is 9.53 Å². The third kappa shape index (κ3) is 4.49. The molecule has 1 aromatic carbocycles. The van der Waals surface area contributed by atoms with Crippen molar-refractivity contribution in [2.45, 2.75) is 12.3 Å². The van der Waals surface area contributed by atoms with Crippen LogP contribution in [0, 0.1) is 5.92 Å². The second-order valence-electron chi connectivity index (χ2n) is 4.67. The molecule has 0 radical (unpaired) electrons. The third-order valence-electron chi connectivity index (χ3n) is 3.34. The van der Waals surface area contributed by atoms with Crippen LogP contribution in [0.2, 0.25) is 0 Å². The summed E-state index contributed by atoms with van der Waals surface area (Å²) in [5.41, 5.74) is 6.68. The monoisotopic (exact) mass is 284 g/mol. The zero-order valence-electron chi connectivity index (χ0n) is 10.9. The highest BCUT2D eigenvalue weighted by Gasteiger charge is 2.21. The van der Waals surface area contributed by atoms with Crippen LogP contribution in [0.25, 0.3) is 0 Å². The largest absolute Gasteiger partial charge is 0.381 e. The highest BCUT2D eigenvalue weighted by Crippen LogP contribution is 2.15. The molecular weight excluding hydrogens is 264 g/mol. The smallest absolute Gasteiger partial charge is 0.228 e. The minimum atomic E-state index is -0.256. The summed E-state index contributed by atoms with van der Waals surface area (Å²) in [6.07, 6.45) is 1.03. The lowest BCUT2D eigenvalue weighted by Crippen LogP contribution is -2.36. The molecule has 0 spiro atoms. The average molecular weight is 285 g/mol. The van der Waals surface area contributed by atoms with Crippen LogP contribution in [0.1, 0.15) is 17.9 Å². The van der Waals surface area contributed by atoms with Gasteiger partial charge in [0.05, 0.1) is 12.5 Å². The molecule has 106 valence electrons. The number of hydrogen-bond acceptors (Lipinski definition) is 3. The molecule has 1 amide bonds. The number of ether oxygens (including phenoxy) is 1.